The summed E-state index contributed by atoms with van der Waals surface area (Å²) >= 11 is 1.18. The van der Waals surface area contributed by atoms with Crippen LogP contribution in [0.1, 0.15) is 44.7 Å². The molecule has 1 aromatic carbocycles. The van der Waals surface area contributed by atoms with Gasteiger partial charge in [-0.1, -0.05) is 30.0 Å². The first-order valence-electron chi connectivity index (χ1n) is 9.97. The Hall–Kier alpha value is -1.99. The highest BCUT2D eigenvalue weighted by molar-refractivity contribution is 8.14. The highest BCUT2D eigenvalue weighted by Gasteiger charge is 2.41. The molecule has 0 radical (unpaired) electrons. The SMILES string of the molecule is CCOC(=O)C=C1CN(C(C(=O)C2CC2)c2ccccc2F)CCC1SC(C)=O. The van der Waals surface area contributed by atoms with Crippen LogP contribution in [0.3, 0.4) is 0 Å². The van der Waals surface area contributed by atoms with Crippen molar-refractivity contribution in [2.45, 2.75) is 44.4 Å². The number of likely N-dealkylation sites (tertiary alicyclic amines) is 1. The number of carbonyl (C=O) groups is 3. The molecule has 0 amide bonds. The Bertz CT molecular complexity index is 821. The van der Waals surface area contributed by atoms with Crippen LogP contribution in [0.15, 0.2) is 35.9 Å². The second-order valence-corrected chi connectivity index (χ2v) is 8.81. The summed E-state index contributed by atoms with van der Waals surface area (Å²) in [5.41, 5.74) is 1.11. The predicted molar refractivity (Wildman–Crippen MR) is 110 cm³/mol. The van der Waals surface area contributed by atoms with Crippen LogP contribution in [0.25, 0.3) is 0 Å². The molecule has 0 aromatic heterocycles. The van der Waals surface area contributed by atoms with E-state index in [-0.39, 0.29) is 28.7 Å². The standard InChI is InChI=1S/C22H26FNO4S/c1-3-28-20(26)12-16-13-24(11-10-19(16)29-14(2)25)21(22(27)15-8-9-15)17-6-4-5-7-18(17)23/h4-7,12,15,19,21H,3,8-11,13H2,1-2H3. The largest absolute Gasteiger partial charge is 0.463 e. The van der Waals surface area contributed by atoms with Crippen LogP contribution in [0.4, 0.5) is 4.39 Å². The first kappa shape index (κ1) is 21.7. The molecule has 1 saturated carbocycles. The van der Waals surface area contributed by atoms with Gasteiger partial charge in [-0.15, -0.1) is 0 Å². The van der Waals surface area contributed by atoms with Gasteiger partial charge in [0.05, 0.1) is 12.6 Å². The maximum Gasteiger partial charge on any atom is 0.330 e. The molecule has 1 aliphatic heterocycles. The van der Waals surface area contributed by atoms with Crippen molar-refractivity contribution < 1.29 is 23.5 Å². The second-order valence-electron chi connectivity index (χ2n) is 7.43. The highest BCUT2D eigenvalue weighted by Crippen LogP contribution is 2.40. The Morgan fingerprint density at radius 2 is 2.00 bits per heavy atom. The van der Waals surface area contributed by atoms with Crippen LogP contribution >= 0.6 is 11.8 Å². The number of ether oxygens (including phenoxy) is 1. The third-order valence-corrected chi connectivity index (χ3v) is 6.34. The van der Waals surface area contributed by atoms with Crippen molar-refractivity contribution in [3.63, 3.8) is 0 Å². The fourth-order valence-electron chi connectivity index (χ4n) is 3.73. The van der Waals surface area contributed by atoms with E-state index in [0.717, 1.165) is 18.4 Å². The van der Waals surface area contributed by atoms with Crippen molar-refractivity contribution in [3.8, 4) is 0 Å². The minimum absolute atomic E-state index is 0.0265. The molecular formula is C22H26FNO4S. The Kier molecular flexibility index (Phi) is 7.24. The molecule has 2 atom stereocenters. The van der Waals surface area contributed by atoms with E-state index in [1.807, 2.05) is 4.90 Å². The first-order chi connectivity index (χ1) is 13.9. The molecule has 5 nitrogen and oxygen atoms in total. The third-order valence-electron chi connectivity index (χ3n) is 5.19. The molecule has 2 fully saturated rings. The molecule has 0 bridgehead atoms. The Balaban J connectivity index is 1.90. The van der Waals surface area contributed by atoms with Gasteiger partial charge in [-0.2, -0.15) is 0 Å². The molecule has 2 aliphatic rings. The van der Waals surface area contributed by atoms with Crippen molar-refractivity contribution in [2.24, 2.45) is 5.92 Å². The number of benzene rings is 1. The quantitative estimate of drug-likeness (QED) is 0.496. The van der Waals surface area contributed by atoms with E-state index in [4.69, 9.17) is 4.74 Å². The van der Waals surface area contributed by atoms with Crippen molar-refractivity contribution in [3.05, 3.63) is 47.3 Å². The molecule has 1 heterocycles. The van der Waals surface area contributed by atoms with Crippen LogP contribution < -0.4 is 0 Å². The van der Waals surface area contributed by atoms with Crippen LogP contribution in [-0.2, 0) is 19.1 Å². The number of piperidine rings is 1. The van der Waals surface area contributed by atoms with E-state index in [9.17, 15) is 18.8 Å². The molecule has 0 N–H and O–H groups in total. The number of rotatable bonds is 7. The molecular weight excluding hydrogens is 393 g/mol. The predicted octanol–water partition coefficient (Wildman–Crippen LogP) is 3.69. The number of thioether (sulfide) groups is 1. The normalized spacial score (nSPS) is 22.3. The van der Waals surface area contributed by atoms with E-state index in [1.54, 1.807) is 25.1 Å². The van der Waals surface area contributed by atoms with Gasteiger partial charge in [-0.05, 0) is 37.8 Å². The van der Waals surface area contributed by atoms with Gasteiger partial charge in [-0.25, -0.2) is 9.18 Å². The molecule has 1 aromatic rings. The van der Waals surface area contributed by atoms with Crippen LogP contribution in [0.5, 0.6) is 0 Å². The van der Waals surface area contributed by atoms with Gasteiger partial charge in [0, 0.05) is 42.8 Å². The first-order valence-corrected chi connectivity index (χ1v) is 10.8. The van der Waals surface area contributed by atoms with Crippen LogP contribution in [0.2, 0.25) is 0 Å². The summed E-state index contributed by atoms with van der Waals surface area (Å²) in [6, 6.07) is 5.69. The summed E-state index contributed by atoms with van der Waals surface area (Å²) in [4.78, 5) is 38.7. The van der Waals surface area contributed by atoms with Gasteiger partial charge in [0.15, 0.2) is 10.9 Å². The number of nitrogens with zero attached hydrogens (tertiary/aromatic N) is 1. The van der Waals surface area contributed by atoms with E-state index in [0.29, 0.717) is 25.1 Å². The molecule has 3 rings (SSSR count). The zero-order chi connectivity index (χ0) is 21.0. The Labute approximate surface area is 174 Å². The lowest BCUT2D eigenvalue weighted by molar-refractivity contribution is -0.137. The molecule has 2 unspecified atom stereocenters. The molecule has 1 aliphatic carbocycles. The summed E-state index contributed by atoms with van der Waals surface area (Å²) in [6.45, 7) is 4.35. The van der Waals surface area contributed by atoms with Crippen LogP contribution in [-0.4, -0.2) is 46.7 Å². The van der Waals surface area contributed by atoms with Gasteiger partial charge < -0.3 is 4.74 Å². The fraction of sp³-hybridized carbons (Fsp3) is 0.500. The smallest absolute Gasteiger partial charge is 0.330 e. The number of Topliss-reactive ketones (excluding diaryl/α,β-unsaturated/α-hetero) is 1. The molecule has 7 heteroatoms. The average Bonchev–Trinajstić information content (AvgIpc) is 3.50. The molecule has 156 valence electrons. The van der Waals surface area contributed by atoms with Crippen LogP contribution in [0, 0.1) is 11.7 Å². The summed E-state index contributed by atoms with van der Waals surface area (Å²) < 4.78 is 19.6. The monoisotopic (exact) mass is 419 g/mol. The number of esters is 1. The second kappa shape index (κ2) is 9.67. The van der Waals surface area contributed by atoms with Gasteiger partial charge in [0.25, 0.3) is 0 Å². The highest BCUT2D eigenvalue weighted by atomic mass is 32.2. The number of carbonyl (C=O) groups excluding carboxylic acids is 3. The van der Waals surface area contributed by atoms with Crippen molar-refractivity contribution >= 4 is 28.6 Å². The average molecular weight is 420 g/mol. The lowest BCUT2D eigenvalue weighted by atomic mass is 9.93. The number of hydrogen-bond acceptors (Lipinski definition) is 6. The van der Waals surface area contributed by atoms with E-state index >= 15 is 0 Å². The fourth-order valence-corrected chi connectivity index (χ4v) is 4.65. The zero-order valence-corrected chi connectivity index (χ0v) is 17.5. The topological polar surface area (TPSA) is 63.7 Å². The summed E-state index contributed by atoms with van der Waals surface area (Å²) in [5, 5.41) is -0.177. The lowest BCUT2D eigenvalue weighted by Crippen LogP contribution is -2.43. The van der Waals surface area contributed by atoms with E-state index in [1.165, 1.54) is 30.8 Å². The third kappa shape index (κ3) is 5.54. The number of ketones is 1. The maximum absolute atomic E-state index is 14.6. The molecule has 0 spiro atoms. The Morgan fingerprint density at radius 3 is 2.62 bits per heavy atom. The van der Waals surface area contributed by atoms with E-state index in [2.05, 4.69) is 0 Å². The van der Waals surface area contributed by atoms with E-state index < -0.39 is 17.8 Å². The lowest BCUT2D eigenvalue weighted by Gasteiger charge is -2.38. The van der Waals surface area contributed by atoms with Gasteiger partial charge in [0.2, 0.25) is 0 Å². The number of hydrogen-bond donors (Lipinski definition) is 0. The Morgan fingerprint density at radius 1 is 1.28 bits per heavy atom. The number of halogens is 1. The van der Waals surface area contributed by atoms with Crippen molar-refractivity contribution in [1.82, 2.24) is 4.90 Å². The van der Waals surface area contributed by atoms with Crippen molar-refractivity contribution in [1.29, 1.82) is 0 Å². The van der Waals surface area contributed by atoms with Gasteiger partial charge in [-0.3, -0.25) is 14.5 Å². The minimum Gasteiger partial charge on any atom is -0.463 e. The van der Waals surface area contributed by atoms with Gasteiger partial charge in [0.1, 0.15) is 5.82 Å². The van der Waals surface area contributed by atoms with Crippen molar-refractivity contribution in [2.75, 3.05) is 19.7 Å². The summed E-state index contributed by atoms with van der Waals surface area (Å²) in [5.74, 6) is -0.859. The molecule has 29 heavy (non-hydrogen) atoms. The maximum atomic E-state index is 14.6. The minimum atomic E-state index is -0.683. The summed E-state index contributed by atoms with van der Waals surface area (Å²) in [7, 11) is 0. The zero-order valence-electron chi connectivity index (χ0n) is 16.7. The molecule has 1 saturated heterocycles. The van der Waals surface area contributed by atoms with Gasteiger partial charge >= 0.3 is 5.97 Å². The summed E-state index contributed by atoms with van der Waals surface area (Å²) in [6.07, 6.45) is 3.70.